The number of benzene rings is 2. The Kier molecular flexibility index (Phi) is 7.80. The van der Waals surface area contributed by atoms with Crippen LogP contribution in [0.15, 0.2) is 30.3 Å². The molecule has 1 aromatic heterocycles. The molecule has 216 valence electrons. The Labute approximate surface area is 228 Å². The number of fused-ring (bicyclic) bond motifs is 3. The zero-order valence-electron chi connectivity index (χ0n) is 22.3. The van der Waals surface area contributed by atoms with Gasteiger partial charge in [0.15, 0.2) is 0 Å². The van der Waals surface area contributed by atoms with Crippen LogP contribution in [0.4, 0.5) is 22.0 Å². The van der Waals surface area contributed by atoms with Crippen molar-refractivity contribution >= 4 is 16.9 Å². The minimum Gasteiger partial charge on any atom is -0.489 e. The van der Waals surface area contributed by atoms with Crippen molar-refractivity contribution in [2.45, 2.75) is 57.2 Å². The van der Waals surface area contributed by atoms with E-state index in [-0.39, 0.29) is 23.0 Å². The van der Waals surface area contributed by atoms with E-state index in [1.165, 1.54) is 17.0 Å². The summed E-state index contributed by atoms with van der Waals surface area (Å²) in [4.78, 5) is 18.0. The number of H-pyrrole nitrogens is 1. The van der Waals surface area contributed by atoms with Crippen molar-refractivity contribution in [3.8, 4) is 5.75 Å². The molecule has 1 saturated heterocycles. The van der Waals surface area contributed by atoms with Crippen molar-refractivity contribution in [3.63, 3.8) is 0 Å². The van der Waals surface area contributed by atoms with Crippen molar-refractivity contribution in [2.75, 3.05) is 32.9 Å². The van der Waals surface area contributed by atoms with Gasteiger partial charge in [0.2, 0.25) is 0 Å². The average molecular weight is 566 g/mol. The summed E-state index contributed by atoms with van der Waals surface area (Å²) in [5.74, 6) is -6.13. The Morgan fingerprint density at radius 2 is 1.93 bits per heavy atom. The fraction of sp³-hybridized carbons (Fsp3) is 0.483. The molecule has 3 heterocycles. The standard InChI is InChI=1S/C29H32F5N3O3/c1-16-10-21-20-5-4-17(28(38)39)11-24(20)35-26(21)27(37(16)15-29(2,33)34)25-22(31)12-19(13-23(25)32)40-18-6-9-36(14-18)8-3-7-30/h4-5,11-13,16,18,27,35H,3,6-10,14-15H2,1-2H3,(H,38,39)/t16-,18+,27+/m1/s1. The van der Waals surface area contributed by atoms with Gasteiger partial charge in [-0.25, -0.2) is 22.4 Å². The maximum absolute atomic E-state index is 15.8. The number of hydrogen-bond acceptors (Lipinski definition) is 4. The molecule has 0 amide bonds. The molecule has 6 nitrogen and oxygen atoms in total. The molecule has 2 N–H and O–H groups in total. The third-order valence-electron chi connectivity index (χ3n) is 7.78. The third-order valence-corrected chi connectivity index (χ3v) is 7.78. The molecule has 5 rings (SSSR count). The molecule has 1 fully saturated rings. The molecule has 0 saturated carbocycles. The number of nitrogens with one attached hydrogen (secondary N) is 1. The Morgan fingerprint density at radius 1 is 1.20 bits per heavy atom. The van der Waals surface area contributed by atoms with Gasteiger partial charge in [-0.2, -0.15) is 0 Å². The number of carbonyl (C=O) groups is 1. The van der Waals surface area contributed by atoms with E-state index >= 15 is 8.78 Å². The average Bonchev–Trinajstić information content (AvgIpc) is 3.46. The minimum absolute atomic E-state index is 0.00436. The zero-order chi connectivity index (χ0) is 28.8. The van der Waals surface area contributed by atoms with E-state index < -0.39 is 48.8 Å². The van der Waals surface area contributed by atoms with Gasteiger partial charge in [-0.15, -0.1) is 0 Å². The predicted octanol–water partition coefficient (Wildman–Crippen LogP) is 5.95. The fourth-order valence-electron chi connectivity index (χ4n) is 6.04. The van der Waals surface area contributed by atoms with Gasteiger partial charge in [0, 0.05) is 66.9 Å². The summed E-state index contributed by atoms with van der Waals surface area (Å²) in [5, 5.41) is 10.1. The van der Waals surface area contributed by atoms with Gasteiger partial charge in [0.1, 0.15) is 23.5 Å². The number of alkyl halides is 3. The maximum Gasteiger partial charge on any atom is 0.335 e. The number of rotatable bonds is 9. The van der Waals surface area contributed by atoms with Crippen LogP contribution in [0.3, 0.4) is 0 Å². The van der Waals surface area contributed by atoms with Crippen molar-refractivity contribution < 1.29 is 36.6 Å². The van der Waals surface area contributed by atoms with Crippen molar-refractivity contribution in [3.05, 3.63) is 64.4 Å². The number of nitrogens with zero attached hydrogens (tertiary/aromatic N) is 2. The fourth-order valence-corrected chi connectivity index (χ4v) is 6.04. The summed E-state index contributed by atoms with van der Waals surface area (Å²) in [6, 6.07) is 4.96. The Balaban J connectivity index is 1.53. The van der Waals surface area contributed by atoms with Gasteiger partial charge in [-0.3, -0.25) is 14.2 Å². The van der Waals surface area contributed by atoms with Gasteiger partial charge < -0.3 is 14.8 Å². The lowest BCUT2D eigenvalue weighted by Gasteiger charge is -2.42. The topological polar surface area (TPSA) is 68.8 Å². The second kappa shape index (κ2) is 11.0. The van der Waals surface area contributed by atoms with E-state index in [1.807, 2.05) is 4.90 Å². The number of hydrogen-bond donors (Lipinski definition) is 2. The molecule has 0 unspecified atom stereocenters. The van der Waals surface area contributed by atoms with E-state index in [0.29, 0.717) is 61.1 Å². The van der Waals surface area contributed by atoms with Crippen LogP contribution >= 0.6 is 0 Å². The van der Waals surface area contributed by atoms with E-state index in [1.54, 1.807) is 13.0 Å². The Hall–Kier alpha value is -3.18. The van der Waals surface area contributed by atoms with E-state index in [9.17, 15) is 23.1 Å². The number of carboxylic acids is 1. The summed E-state index contributed by atoms with van der Waals surface area (Å²) < 4.78 is 78.6. The quantitative estimate of drug-likeness (QED) is 0.314. The lowest BCUT2D eigenvalue weighted by atomic mass is 9.87. The maximum atomic E-state index is 15.8. The number of likely N-dealkylation sites (tertiary alicyclic amines) is 1. The first-order valence-corrected chi connectivity index (χ1v) is 13.4. The van der Waals surface area contributed by atoms with Gasteiger partial charge in [0.25, 0.3) is 5.92 Å². The Bertz CT molecular complexity index is 1380. The first kappa shape index (κ1) is 28.4. The summed E-state index contributed by atoms with van der Waals surface area (Å²) in [5.41, 5.74) is 1.16. The number of aromatic amines is 1. The molecule has 40 heavy (non-hydrogen) atoms. The summed E-state index contributed by atoms with van der Waals surface area (Å²) >= 11 is 0. The molecular weight excluding hydrogens is 533 g/mol. The van der Waals surface area contributed by atoms with E-state index in [0.717, 1.165) is 19.1 Å². The summed E-state index contributed by atoms with van der Waals surface area (Å²) in [7, 11) is 0. The van der Waals surface area contributed by atoms with Crippen LogP contribution in [0, 0.1) is 11.6 Å². The number of carboxylic acid groups (broad SMARTS) is 1. The minimum atomic E-state index is -3.14. The Morgan fingerprint density at radius 3 is 2.58 bits per heavy atom. The number of aromatic carboxylic acids is 1. The molecule has 3 aromatic rings. The highest BCUT2D eigenvalue weighted by atomic mass is 19.3. The first-order chi connectivity index (χ1) is 18.9. The van der Waals surface area contributed by atoms with E-state index in [4.69, 9.17) is 4.74 Å². The lowest BCUT2D eigenvalue weighted by Crippen LogP contribution is -2.47. The zero-order valence-corrected chi connectivity index (χ0v) is 22.3. The van der Waals surface area contributed by atoms with Crippen LogP contribution in [0.1, 0.15) is 59.9 Å². The number of aromatic nitrogens is 1. The second-order valence-corrected chi connectivity index (χ2v) is 11.0. The molecule has 0 radical (unpaired) electrons. The molecule has 3 atom stereocenters. The smallest absolute Gasteiger partial charge is 0.335 e. The van der Waals surface area contributed by atoms with Gasteiger partial charge >= 0.3 is 5.97 Å². The van der Waals surface area contributed by atoms with Crippen LogP contribution in [-0.2, 0) is 6.42 Å². The highest BCUT2D eigenvalue weighted by molar-refractivity contribution is 5.95. The molecule has 2 aliphatic rings. The lowest BCUT2D eigenvalue weighted by molar-refractivity contribution is -0.0374. The molecule has 2 aromatic carbocycles. The molecule has 11 heteroatoms. The highest BCUT2D eigenvalue weighted by Gasteiger charge is 2.42. The number of ether oxygens (including phenoxy) is 1. The van der Waals surface area contributed by atoms with Crippen LogP contribution in [0.5, 0.6) is 5.75 Å². The SMILES string of the molecule is C[C@@H]1Cc2c([nH]c3cc(C(=O)O)ccc23)[C@H](c2c(F)cc(O[C@H]3CCN(CCCF)C3)cc2F)N1CC(C)(F)F. The molecule has 2 aliphatic heterocycles. The monoisotopic (exact) mass is 565 g/mol. The normalized spacial score (nSPS) is 22.1. The summed E-state index contributed by atoms with van der Waals surface area (Å²) in [6.45, 7) is 3.13. The van der Waals surface area contributed by atoms with Crippen LogP contribution in [0.25, 0.3) is 10.9 Å². The van der Waals surface area contributed by atoms with E-state index in [2.05, 4.69) is 4.98 Å². The highest BCUT2D eigenvalue weighted by Crippen LogP contribution is 2.44. The van der Waals surface area contributed by atoms with Gasteiger partial charge in [-0.1, -0.05) is 6.07 Å². The summed E-state index contributed by atoms with van der Waals surface area (Å²) in [6.07, 6.45) is 1.07. The molecular formula is C29H32F5N3O3. The predicted molar refractivity (Wildman–Crippen MR) is 140 cm³/mol. The number of halogens is 5. The molecule has 0 aliphatic carbocycles. The van der Waals surface area contributed by atoms with Gasteiger partial charge in [0.05, 0.1) is 24.8 Å². The van der Waals surface area contributed by atoms with Crippen LogP contribution in [-0.4, -0.2) is 76.8 Å². The van der Waals surface area contributed by atoms with Crippen LogP contribution in [0.2, 0.25) is 0 Å². The first-order valence-electron chi connectivity index (χ1n) is 13.4. The van der Waals surface area contributed by atoms with Crippen molar-refractivity contribution in [1.82, 2.24) is 14.8 Å². The third kappa shape index (κ3) is 5.67. The molecule has 0 bridgehead atoms. The van der Waals surface area contributed by atoms with Crippen LogP contribution < -0.4 is 4.74 Å². The largest absolute Gasteiger partial charge is 0.489 e. The second-order valence-electron chi connectivity index (χ2n) is 11.0. The molecule has 0 spiro atoms. The van der Waals surface area contributed by atoms with Crippen molar-refractivity contribution in [1.29, 1.82) is 0 Å². The van der Waals surface area contributed by atoms with Gasteiger partial charge in [-0.05, 0) is 43.9 Å². The van der Waals surface area contributed by atoms with Crippen molar-refractivity contribution in [2.24, 2.45) is 0 Å².